The molecule has 0 spiro atoms. The number of anilines is 2. The summed E-state index contributed by atoms with van der Waals surface area (Å²) in [6.07, 6.45) is 7.06. The molecule has 1 heterocycles. The zero-order chi connectivity index (χ0) is 35.5. The van der Waals surface area contributed by atoms with Crippen LogP contribution in [0.3, 0.4) is 0 Å². The molecule has 1 saturated carbocycles. The number of benzene rings is 2. The number of ether oxygens (including phenoxy) is 2. The zero-order valence-corrected chi connectivity index (χ0v) is 29.8. The van der Waals surface area contributed by atoms with Crippen molar-refractivity contribution in [1.29, 1.82) is 0 Å². The van der Waals surface area contributed by atoms with Crippen molar-refractivity contribution in [2.45, 2.75) is 76.8 Å². The molecule has 2 aliphatic carbocycles. The highest BCUT2D eigenvalue weighted by atomic mass is 32.1. The van der Waals surface area contributed by atoms with E-state index in [2.05, 4.69) is 38.8 Å². The van der Waals surface area contributed by atoms with E-state index in [0.717, 1.165) is 19.3 Å². The third-order valence-electron chi connectivity index (χ3n) is 9.15. The summed E-state index contributed by atoms with van der Waals surface area (Å²) >= 11 is 10.7. The van der Waals surface area contributed by atoms with Crippen molar-refractivity contribution in [3.63, 3.8) is 0 Å². The van der Waals surface area contributed by atoms with Gasteiger partial charge in [0.25, 0.3) is 0 Å². The Bertz CT molecular complexity index is 1530. The predicted octanol–water partition coefficient (Wildman–Crippen LogP) is 5.28. The summed E-state index contributed by atoms with van der Waals surface area (Å²) in [6.45, 7) is 3.40. The second kappa shape index (κ2) is 18.5. The van der Waals surface area contributed by atoms with E-state index in [1.165, 1.54) is 43.5 Å². The Hall–Kier alpha value is -3.72. The summed E-state index contributed by atoms with van der Waals surface area (Å²) in [5.41, 5.74) is 2.22. The van der Waals surface area contributed by atoms with E-state index in [1.54, 1.807) is 24.3 Å². The number of nitrogens with one attached hydrogen (secondary N) is 6. The summed E-state index contributed by atoms with van der Waals surface area (Å²) in [5, 5.41) is 18.6. The molecular weight excluding hydrogens is 683 g/mol. The average molecular weight is 729 g/mol. The molecule has 0 radical (unpaired) electrons. The minimum absolute atomic E-state index is 0.131. The number of unbranched alkanes of at least 4 members (excludes halogenated alkanes) is 4. The Morgan fingerprint density at radius 2 is 1.22 bits per heavy atom. The van der Waals surface area contributed by atoms with E-state index in [-0.39, 0.29) is 66.9 Å². The van der Waals surface area contributed by atoms with Gasteiger partial charge in [0, 0.05) is 54.6 Å². The Morgan fingerprint density at radius 3 is 1.78 bits per heavy atom. The molecule has 2 aromatic rings. The number of rotatable bonds is 16. The van der Waals surface area contributed by atoms with E-state index in [4.69, 9.17) is 33.9 Å². The lowest BCUT2D eigenvalue weighted by molar-refractivity contribution is -0.120. The first kappa shape index (κ1) is 37.5. The van der Waals surface area contributed by atoms with E-state index >= 15 is 0 Å². The number of carbonyl (C=O) groups is 2. The maximum absolute atomic E-state index is 13.8. The Balaban J connectivity index is 1.17. The van der Waals surface area contributed by atoms with Crippen molar-refractivity contribution >= 4 is 57.8 Å². The van der Waals surface area contributed by atoms with Crippen LogP contribution in [-0.2, 0) is 19.1 Å². The molecule has 6 N–H and O–H groups in total. The van der Waals surface area contributed by atoms with Crippen LogP contribution in [0.1, 0.15) is 58.3 Å². The largest absolute Gasteiger partial charge is 0.361 e. The van der Waals surface area contributed by atoms with Gasteiger partial charge >= 0.3 is 0 Å². The molecule has 270 valence electrons. The fourth-order valence-electron chi connectivity index (χ4n) is 6.83. The number of fused-ring (bicyclic) bond motifs is 4. The molecule has 2 amide bonds. The molecule has 5 rings (SSSR count). The number of carbonyl (C=O) groups excluding carboxylic acids is 2. The van der Waals surface area contributed by atoms with Crippen molar-refractivity contribution in [2.24, 2.45) is 11.8 Å². The van der Waals surface area contributed by atoms with Crippen LogP contribution in [0, 0.1) is 23.5 Å². The molecule has 2 bridgehead atoms. The fourth-order valence-corrected chi connectivity index (χ4v) is 7.27. The molecule has 10 nitrogen and oxygen atoms in total. The monoisotopic (exact) mass is 728 g/mol. The van der Waals surface area contributed by atoms with Crippen LogP contribution in [0.4, 0.5) is 20.2 Å². The highest BCUT2D eigenvalue weighted by molar-refractivity contribution is 7.80. The molecule has 5 unspecified atom stereocenters. The van der Waals surface area contributed by atoms with Crippen molar-refractivity contribution in [2.75, 3.05) is 36.8 Å². The van der Waals surface area contributed by atoms with Gasteiger partial charge in [0.05, 0.1) is 12.2 Å². The Labute approximate surface area is 302 Å². The van der Waals surface area contributed by atoms with E-state index in [9.17, 15) is 18.4 Å². The lowest BCUT2D eigenvalue weighted by atomic mass is 9.81. The molecular formula is C36H46F2N6O4S2. The summed E-state index contributed by atoms with van der Waals surface area (Å²) in [6, 6.07) is 11.7. The van der Waals surface area contributed by atoms with Crippen molar-refractivity contribution in [3.8, 4) is 0 Å². The third kappa shape index (κ3) is 10.4. The van der Waals surface area contributed by atoms with Crippen LogP contribution in [0.15, 0.2) is 59.7 Å². The van der Waals surface area contributed by atoms with Gasteiger partial charge in [0.2, 0.25) is 11.8 Å². The number of hydrogen-bond acceptors (Lipinski definition) is 6. The first-order valence-electron chi connectivity index (χ1n) is 17.4. The highest BCUT2D eigenvalue weighted by Crippen LogP contribution is 2.51. The van der Waals surface area contributed by atoms with Crippen molar-refractivity contribution in [1.82, 2.24) is 21.3 Å². The number of halogens is 2. The van der Waals surface area contributed by atoms with Gasteiger partial charge in [-0.3, -0.25) is 9.59 Å². The predicted molar refractivity (Wildman–Crippen MR) is 197 cm³/mol. The van der Waals surface area contributed by atoms with E-state index in [0.29, 0.717) is 58.7 Å². The third-order valence-corrected chi connectivity index (χ3v) is 9.64. The second-order valence-corrected chi connectivity index (χ2v) is 13.6. The van der Waals surface area contributed by atoms with Gasteiger partial charge in [-0.15, -0.1) is 0 Å². The van der Waals surface area contributed by atoms with Crippen molar-refractivity contribution in [3.05, 3.63) is 71.3 Å². The minimum atomic E-state index is -0.341. The molecule has 50 heavy (non-hydrogen) atoms. The van der Waals surface area contributed by atoms with Gasteiger partial charge in [0.15, 0.2) is 16.5 Å². The van der Waals surface area contributed by atoms with Crippen LogP contribution >= 0.6 is 24.4 Å². The maximum Gasteiger partial charge on any atom is 0.248 e. The van der Waals surface area contributed by atoms with Gasteiger partial charge in [-0.05, 0) is 105 Å². The van der Waals surface area contributed by atoms with Gasteiger partial charge in [-0.25, -0.2) is 8.78 Å². The molecule has 1 aliphatic heterocycles. The van der Waals surface area contributed by atoms with Gasteiger partial charge < -0.3 is 41.4 Å². The fraction of sp³-hybridized carbons (Fsp3) is 0.500. The molecule has 14 heteroatoms. The Morgan fingerprint density at radius 1 is 0.700 bits per heavy atom. The zero-order valence-electron chi connectivity index (χ0n) is 28.2. The SMILES string of the molecule is CCCCCCCC1OC2CC3CC(C(C(=O)NCCNC(=S)Nc4ccc(F)cc4)=C3C(=O)NCCNC(=S)Nc3ccc(F)cc3)C2O1. The number of thiocarbonyl (C=S) groups is 2. The van der Waals surface area contributed by atoms with Crippen LogP contribution in [-0.4, -0.2) is 66.7 Å². The summed E-state index contributed by atoms with van der Waals surface area (Å²) in [4.78, 5) is 27.5. The smallest absolute Gasteiger partial charge is 0.248 e. The minimum Gasteiger partial charge on any atom is -0.361 e. The lowest BCUT2D eigenvalue weighted by Gasteiger charge is -2.30. The summed E-state index contributed by atoms with van der Waals surface area (Å²) in [7, 11) is 0. The first-order chi connectivity index (χ1) is 24.2. The summed E-state index contributed by atoms with van der Waals surface area (Å²) < 4.78 is 39.2. The molecule has 1 saturated heterocycles. The molecule has 3 aliphatic rings. The van der Waals surface area contributed by atoms with E-state index in [1.807, 2.05) is 0 Å². The van der Waals surface area contributed by atoms with Gasteiger partial charge in [0.1, 0.15) is 11.6 Å². The second-order valence-electron chi connectivity index (χ2n) is 12.8. The highest BCUT2D eigenvalue weighted by Gasteiger charge is 2.54. The number of hydrogen-bond donors (Lipinski definition) is 6. The molecule has 2 fully saturated rings. The van der Waals surface area contributed by atoms with Crippen LogP contribution in [0.5, 0.6) is 0 Å². The normalized spacial score (nSPS) is 22.0. The van der Waals surface area contributed by atoms with Crippen LogP contribution < -0.4 is 31.9 Å². The van der Waals surface area contributed by atoms with Crippen LogP contribution in [0.2, 0.25) is 0 Å². The molecule has 5 atom stereocenters. The van der Waals surface area contributed by atoms with Gasteiger partial charge in [-0.2, -0.15) is 0 Å². The molecule has 0 aromatic heterocycles. The average Bonchev–Trinajstić information content (AvgIpc) is 3.66. The topological polar surface area (TPSA) is 125 Å². The summed E-state index contributed by atoms with van der Waals surface area (Å²) in [5.74, 6) is -1.68. The number of amides is 2. The lowest BCUT2D eigenvalue weighted by Crippen LogP contribution is -2.41. The standard InChI is InChI=1S/C36H46F2N6O4S2/c1-2-3-4-5-6-7-29-47-28-21-22-20-27(32(28)48-29)31(34(46)40-17-19-42-36(50)44-26-14-10-24(38)11-15-26)30(22)33(45)39-16-18-41-35(49)43-25-12-8-23(37)9-13-25/h8-15,22,27-29,32H,2-7,16-21H2,1H3,(H,39,45)(H,40,46)(H2,41,43,49)(H2,42,44,50). The van der Waals surface area contributed by atoms with E-state index < -0.39 is 0 Å². The Kier molecular flexibility index (Phi) is 13.9. The molecule has 2 aromatic carbocycles. The van der Waals surface area contributed by atoms with Crippen LogP contribution in [0.25, 0.3) is 0 Å². The first-order valence-corrected chi connectivity index (χ1v) is 18.3. The quantitative estimate of drug-likeness (QED) is 0.101. The van der Waals surface area contributed by atoms with Crippen molar-refractivity contribution < 1.29 is 27.8 Å². The maximum atomic E-state index is 13.8. The van der Waals surface area contributed by atoms with Gasteiger partial charge in [-0.1, -0.05) is 32.6 Å².